The standard InChI is InChI=1S/C19H21P/c1-4-19(2,3)16-11-7-9-14-12-13-8-5-6-10-15(13)18(20)17(14)16/h5-12H,4,20H2,1-3H3. The monoisotopic (exact) mass is 280 g/mol. The lowest BCUT2D eigenvalue weighted by Crippen LogP contribution is -2.18. The van der Waals surface area contributed by atoms with Gasteiger partial charge in [0.05, 0.1) is 0 Å². The van der Waals surface area contributed by atoms with Crippen molar-refractivity contribution < 1.29 is 0 Å². The lowest BCUT2D eigenvalue weighted by Gasteiger charge is -2.26. The van der Waals surface area contributed by atoms with Crippen molar-refractivity contribution in [3.8, 4) is 0 Å². The smallest absolute Gasteiger partial charge is 0.00683 e. The summed E-state index contributed by atoms with van der Waals surface area (Å²) in [5.74, 6) is 0. The first-order chi connectivity index (χ1) is 9.54. The number of hydrogen-bond acceptors (Lipinski definition) is 0. The first-order valence-corrected chi connectivity index (χ1v) is 7.83. The molecule has 3 aromatic rings. The van der Waals surface area contributed by atoms with Gasteiger partial charge in [0.15, 0.2) is 0 Å². The number of benzene rings is 3. The van der Waals surface area contributed by atoms with Crippen molar-refractivity contribution in [2.75, 3.05) is 0 Å². The highest BCUT2D eigenvalue weighted by molar-refractivity contribution is 7.29. The van der Waals surface area contributed by atoms with Gasteiger partial charge in [0.1, 0.15) is 0 Å². The Morgan fingerprint density at radius 3 is 2.40 bits per heavy atom. The summed E-state index contributed by atoms with van der Waals surface area (Å²) in [7, 11) is 2.97. The highest BCUT2D eigenvalue weighted by Crippen LogP contribution is 2.34. The van der Waals surface area contributed by atoms with Crippen LogP contribution in [0.25, 0.3) is 21.5 Å². The van der Waals surface area contributed by atoms with Crippen LogP contribution in [0, 0.1) is 0 Å². The Morgan fingerprint density at radius 1 is 0.950 bits per heavy atom. The van der Waals surface area contributed by atoms with Crippen molar-refractivity contribution in [2.45, 2.75) is 32.6 Å². The van der Waals surface area contributed by atoms with E-state index in [1.165, 1.54) is 32.4 Å². The second-order valence-corrected chi connectivity index (χ2v) is 6.73. The lowest BCUT2D eigenvalue weighted by molar-refractivity contribution is 0.511. The molecule has 3 rings (SSSR count). The summed E-state index contributed by atoms with van der Waals surface area (Å²) in [6.45, 7) is 6.94. The van der Waals surface area contributed by atoms with Crippen molar-refractivity contribution in [3.63, 3.8) is 0 Å². The molecule has 0 bridgehead atoms. The minimum atomic E-state index is 0.202. The molecule has 1 heteroatoms. The SMILES string of the molecule is CCC(C)(C)c1cccc2cc3ccccc3c(P)c12. The topological polar surface area (TPSA) is 0 Å². The summed E-state index contributed by atoms with van der Waals surface area (Å²) < 4.78 is 0. The molecule has 0 radical (unpaired) electrons. The molecule has 3 aromatic carbocycles. The first kappa shape index (κ1) is 13.6. The van der Waals surface area contributed by atoms with Gasteiger partial charge in [-0.1, -0.05) is 63.2 Å². The third-order valence-electron chi connectivity index (χ3n) is 4.54. The van der Waals surface area contributed by atoms with Crippen LogP contribution in [0.4, 0.5) is 0 Å². The van der Waals surface area contributed by atoms with Crippen LogP contribution < -0.4 is 5.30 Å². The van der Waals surface area contributed by atoms with E-state index in [4.69, 9.17) is 0 Å². The van der Waals surface area contributed by atoms with Gasteiger partial charge in [-0.15, -0.1) is 9.24 Å². The van der Waals surface area contributed by atoms with E-state index in [1.54, 1.807) is 0 Å². The van der Waals surface area contributed by atoms with Crippen LogP contribution in [0.5, 0.6) is 0 Å². The highest BCUT2D eigenvalue weighted by Gasteiger charge is 2.21. The van der Waals surface area contributed by atoms with Crippen LogP contribution in [0.2, 0.25) is 0 Å². The van der Waals surface area contributed by atoms with E-state index in [2.05, 4.69) is 78.5 Å². The van der Waals surface area contributed by atoms with Crippen molar-refractivity contribution >= 4 is 36.1 Å². The quantitative estimate of drug-likeness (QED) is 0.448. The minimum Gasteiger partial charge on any atom is -0.104 e. The third-order valence-corrected chi connectivity index (χ3v) is 5.14. The molecule has 102 valence electrons. The summed E-state index contributed by atoms with van der Waals surface area (Å²) in [6.07, 6.45) is 1.14. The number of rotatable bonds is 2. The molecule has 0 N–H and O–H groups in total. The van der Waals surface area contributed by atoms with Crippen LogP contribution in [-0.4, -0.2) is 0 Å². The van der Waals surface area contributed by atoms with Crippen molar-refractivity contribution in [3.05, 3.63) is 54.1 Å². The summed E-state index contributed by atoms with van der Waals surface area (Å²) in [4.78, 5) is 0. The summed E-state index contributed by atoms with van der Waals surface area (Å²) in [6, 6.07) is 17.7. The summed E-state index contributed by atoms with van der Waals surface area (Å²) in [5.41, 5.74) is 1.65. The predicted molar refractivity (Wildman–Crippen MR) is 94.1 cm³/mol. The maximum absolute atomic E-state index is 2.97. The van der Waals surface area contributed by atoms with E-state index in [1.807, 2.05) is 0 Å². The number of hydrogen-bond donors (Lipinski definition) is 0. The molecule has 0 aliphatic rings. The van der Waals surface area contributed by atoms with Crippen LogP contribution in [-0.2, 0) is 5.41 Å². The van der Waals surface area contributed by atoms with Gasteiger partial charge in [0.25, 0.3) is 0 Å². The van der Waals surface area contributed by atoms with E-state index < -0.39 is 0 Å². The van der Waals surface area contributed by atoms with Crippen molar-refractivity contribution in [1.29, 1.82) is 0 Å². The molecule has 1 unspecified atom stereocenters. The van der Waals surface area contributed by atoms with Crippen molar-refractivity contribution in [1.82, 2.24) is 0 Å². The molecular formula is C19H21P. The molecule has 0 spiro atoms. The van der Waals surface area contributed by atoms with E-state index in [0.29, 0.717) is 0 Å². The Kier molecular flexibility index (Phi) is 3.30. The molecule has 0 saturated carbocycles. The maximum Gasteiger partial charge on any atom is -0.00683 e. The van der Waals surface area contributed by atoms with Gasteiger partial charge in [-0.2, -0.15) is 0 Å². The molecule has 0 fully saturated rings. The minimum absolute atomic E-state index is 0.202. The molecule has 0 saturated heterocycles. The van der Waals surface area contributed by atoms with Crippen LogP contribution in [0.1, 0.15) is 32.8 Å². The molecule has 0 aromatic heterocycles. The maximum atomic E-state index is 2.97. The molecule has 20 heavy (non-hydrogen) atoms. The average molecular weight is 280 g/mol. The predicted octanol–water partition coefficient (Wildman–Crippen LogP) is 5.18. The first-order valence-electron chi connectivity index (χ1n) is 7.25. The molecule has 0 nitrogen and oxygen atoms in total. The Bertz CT molecular complexity index is 784. The fourth-order valence-corrected chi connectivity index (χ4v) is 3.50. The van der Waals surface area contributed by atoms with Gasteiger partial charge in [-0.05, 0) is 50.3 Å². The van der Waals surface area contributed by atoms with Crippen LogP contribution in [0.3, 0.4) is 0 Å². The molecule has 1 atom stereocenters. The van der Waals surface area contributed by atoms with Gasteiger partial charge < -0.3 is 0 Å². The summed E-state index contributed by atoms with van der Waals surface area (Å²) in [5, 5.41) is 6.73. The molecule has 0 aliphatic heterocycles. The Balaban J connectivity index is 2.48. The largest absolute Gasteiger partial charge is 0.104 e. The van der Waals surface area contributed by atoms with E-state index in [0.717, 1.165) is 6.42 Å². The fourth-order valence-electron chi connectivity index (χ4n) is 2.92. The second kappa shape index (κ2) is 4.86. The molecule has 0 heterocycles. The zero-order valence-electron chi connectivity index (χ0n) is 12.4. The van der Waals surface area contributed by atoms with Gasteiger partial charge >= 0.3 is 0 Å². The highest BCUT2D eigenvalue weighted by atomic mass is 31.0. The third kappa shape index (κ3) is 2.03. The normalized spacial score (nSPS) is 12.2. The fraction of sp³-hybridized carbons (Fsp3) is 0.263. The lowest BCUT2D eigenvalue weighted by atomic mass is 9.79. The summed E-state index contributed by atoms with van der Waals surface area (Å²) >= 11 is 0. The average Bonchev–Trinajstić information content (AvgIpc) is 2.47. The second-order valence-electron chi connectivity index (χ2n) is 6.15. The van der Waals surface area contributed by atoms with Crippen molar-refractivity contribution in [2.24, 2.45) is 0 Å². The van der Waals surface area contributed by atoms with E-state index in [-0.39, 0.29) is 5.41 Å². The van der Waals surface area contributed by atoms with E-state index in [9.17, 15) is 0 Å². The molecule has 0 aliphatic carbocycles. The van der Waals surface area contributed by atoms with Gasteiger partial charge in [-0.3, -0.25) is 0 Å². The zero-order valence-corrected chi connectivity index (χ0v) is 13.6. The van der Waals surface area contributed by atoms with Gasteiger partial charge in [-0.25, -0.2) is 0 Å². The van der Waals surface area contributed by atoms with Gasteiger partial charge in [0, 0.05) is 0 Å². The Hall–Kier alpha value is -1.39. The Morgan fingerprint density at radius 2 is 1.65 bits per heavy atom. The van der Waals surface area contributed by atoms with Gasteiger partial charge in [0.2, 0.25) is 0 Å². The molecule has 0 amide bonds. The van der Waals surface area contributed by atoms with Crippen LogP contribution in [0.15, 0.2) is 48.5 Å². The number of fused-ring (bicyclic) bond motifs is 2. The zero-order chi connectivity index (χ0) is 14.3. The van der Waals surface area contributed by atoms with Crippen LogP contribution >= 0.6 is 9.24 Å². The molecular weight excluding hydrogens is 259 g/mol. The van der Waals surface area contributed by atoms with E-state index >= 15 is 0 Å². The Labute approximate surface area is 123 Å².